The zero-order valence-corrected chi connectivity index (χ0v) is 12.2. The number of morpholine rings is 1. The molecule has 0 unspecified atom stereocenters. The number of furan rings is 1. The summed E-state index contributed by atoms with van der Waals surface area (Å²) in [4.78, 5) is 15.9. The molecule has 0 bridgehead atoms. The topological polar surface area (TPSA) is 45.9 Å². The second-order valence-corrected chi connectivity index (χ2v) is 5.89. The lowest BCUT2D eigenvalue weighted by atomic mass is 9.83. The normalized spacial score (nSPS) is 27.2. The molecule has 3 rings (SSSR count). The van der Waals surface area contributed by atoms with Crippen LogP contribution in [0, 0.1) is 0 Å². The monoisotopic (exact) mass is 278 g/mol. The van der Waals surface area contributed by atoms with Crippen LogP contribution in [-0.2, 0) is 16.1 Å². The summed E-state index contributed by atoms with van der Waals surface area (Å²) in [6, 6.07) is 4.08. The molecule has 2 saturated heterocycles. The largest absolute Gasteiger partial charge is 0.468 e. The van der Waals surface area contributed by atoms with Gasteiger partial charge in [0.2, 0.25) is 5.91 Å². The van der Waals surface area contributed by atoms with Crippen molar-refractivity contribution in [3.05, 3.63) is 24.2 Å². The molecule has 1 aromatic rings. The van der Waals surface area contributed by atoms with Gasteiger partial charge in [-0.2, -0.15) is 0 Å². The standard InChI is InChI=1S/C15H22N2O3/c1-12-15(20-11-14(18)16(12)2)5-7-17(8-6-15)10-13-4-3-9-19-13/h3-4,9,12H,5-8,10-11H2,1-2H3/t12-/m1/s1. The smallest absolute Gasteiger partial charge is 0.248 e. The molecule has 2 aliphatic heterocycles. The SMILES string of the molecule is C[C@H]1N(C)C(=O)COC12CCN(Cc1ccco1)CC2. The lowest BCUT2D eigenvalue weighted by molar-refractivity contribution is -0.183. The summed E-state index contributed by atoms with van der Waals surface area (Å²) in [6.07, 6.45) is 3.65. The summed E-state index contributed by atoms with van der Waals surface area (Å²) in [5.41, 5.74) is -0.164. The number of carbonyl (C=O) groups excluding carboxylic acids is 1. The van der Waals surface area contributed by atoms with Crippen molar-refractivity contribution >= 4 is 5.91 Å². The first-order chi connectivity index (χ1) is 9.61. The highest BCUT2D eigenvalue weighted by atomic mass is 16.5. The molecule has 1 aromatic heterocycles. The van der Waals surface area contributed by atoms with Gasteiger partial charge < -0.3 is 14.1 Å². The van der Waals surface area contributed by atoms with E-state index in [1.807, 2.05) is 24.1 Å². The van der Waals surface area contributed by atoms with Crippen LogP contribution in [-0.4, -0.2) is 54.1 Å². The predicted molar refractivity (Wildman–Crippen MR) is 74.1 cm³/mol. The highest BCUT2D eigenvalue weighted by molar-refractivity contribution is 5.78. The van der Waals surface area contributed by atoms with Gasteiger partial charge >= 0.3 is 0 Å². The first-order valence-corrected chi connectivity index (χ1v) is 7.25. The molecule has 0 radical (unpaired) electrons. The molecule has 3 heterocycles. The third-order valence-electron chi connectivity index (χ3n) is 4.88. The van der Waals surface area contributed by atoms with Crippen LogP contribution in [0.25, 0.3) is 0 Å². The van der Waals surface area contributed by atoms with Crippen LogP contribution >= 0.6 is 0 Å². The van der Waals surface area contributed by atoms with Crippen molar-refractivity contribution in [2.24, 2.45) is 0 Å². The van der Waals surface area contributed by atoms with Gasteiger partial charge in [0, 0.05) is 20.1 Å². The van der Waals surface area contributed by atoms with Gasteiger partial charge in [-0.25, -0.2) is 0 Å². The van der Waals surface area contributed by atoms with E-state index in [0.717, 1.165) is 38.2 Å². The molecule has 2 aliphatic rings. The van der Waals surface area contributed by atoms with E-state index < -0.39 is 0 Å². The van der Waals surface area contributed by atoms with E-state index in [9.17, 15) is 4.79 Å². The Bertz CT molecular complexity index is 463. The van der Waals surface area contributed by atoms with Crippen LogP contribution < -0.4 is 0 Å². The average Bonchev–Trinajstić information content (AvgIpc) is 2.96. The molecule has 0 N–H and O–H groups in total. The quantitative estimate of drug-likeness (QED) is 0.822. The number of hydrogen-bond donors (Lipinski definition) is 0. The Morgan fingerprint density at radius 2 is 2.15 bits per heavy atom. The summed E-state index contributed by atoms with van der Waals surface area (Å²) in [5.74, 6) is 1.09. The first-order valence-electron chi connectivity index (χ1n) is 7.25. The van der Waals surface area contributed by atoms with Gasteiger partial charge in [-0.1, -0.05) is 0 Å². The Morgan fingerprint density at radius 1 is 1.40 bits per heavy atom. The number of amides is 1. The van der Waals surface area contributed by atoms with Crippen LogP contribution in [0.5, 0.6) is 0 Å². The van der Waals surface area contributed by atoms with Crippen molar-refractivity contribution < 1.29 is 13.9 Å². The van der Waals surface area contributed by atoms with Gasteiger partial charge in [0.1, 0.15) is 12.4 Å². The minimum atomic E-state index is -0.164. The molecule has 5 nitrogen and oxygen atoms in total. The summed E-state index contributed by atoms with van der Waals surface area (Å²) < 4.78 is 11.3. The number of nitrogens with zero attached hydrogens (tertiary/aromatic N) is 2. The third-order valence-corrected chi connectivity index (χ3v) is 4.88. The minimum Gasteiger partial charge on any atom is -0.468 e. The summed E-state index contributed by atoms with van der Waals surface area (Å²) in [6.45, 7) is 5.13. The molecule has 0 aromatic carbocycles. The second kappa shape index (κ2) is 5.22. The number of rotatable bonds is 2. The average molecular weight is 278 g/mol. The van der Waals surface area contributed by atoms with E-state index >= 15 is 0 Å². The van der Waals surface area contributed by atoms with Gasteiger partial charge in [0.15, 0.2) is 0 Å². The Kier molecular flexibility index (Phi) is 3.56. The molecule has 1 atom stereocenters. The fourth-order valence-corrected chi connectivity index (χ4v) is 3.27. The molecular formula is C15H22N2O3. The lowest BCUT2D eigenvalue weighted by Crippen LogP contribution is -2.62. The summed E-state index contributed by atoms with van der Waals surface area (Å²) in [5, 5.41) is 0. The van der Waals surface area contributed by atoms with Gasteiger partial charge in [-0.3, -0.25) is 9.69 Å². The third kappa shape index (κ3) is 2.36. The second-order valence-electron chi connectivity index (χ2n) is 5.89. The number of piperidine rings is 1. The van der Waals surface area contributed by atoms with Crippen LogP contribution in [0.1, 0.15) is 25.5 Å². The van der Waals surface area contributed by atoms with E-state index in [1.165, 1.54) is 0 Å². The number of ether oxygens (including phenoxy) is 1. The van der Waals surface area contributed by atoms with Gasteiger partial charge in [-0.15, -0.1) is 0 Å². The molecule has 2 fully saturated rings. The Balaban J connectivity index is 1.61. The molecule has 1 spiro atoms. The Morgan fingerprint density at radius 3 is 2.80 bits per heavy atom. The van der Waals surface area contributed by atoms with Gasteiger partial charge in [0.05, 0.1) is 24.5 Å². The zero-order chi connectivity index (χ0) is 14.2. The van der Waals surface area contributed by atoms with Crippen LogP contribution in [0.2, 0.25) is 0 Å². The maximum atomic E-state index is 11.7. The number of likely N-dealkylation sites (tertiary alicyclic amines) is 1. The number of likely N-dealkylation sites (N-methyl/N-ethyl adjacent to an activating group) is 1. The zero-order valence-electron chi connectivity index (χ0n) is 12.2. The molecule has 5 heteroatoms. The van der Waals surface area contributed by atoms with E-state index in [0.29, 0.717) is 0 Å². The van der Waals surface area contributed by atoms with Crippen molar-refractivity contribution in [2.45, 2.75) is 38.0 Å². The Labute approximate surface area is 119 Å². The first kappa shape index (κ1) is 13.6. The molecule has 0 saturated carbocycles. The number of hydrogen-bond acceptors (Lipinski definition) is 4. The van der Waals surface area contributed by atoms with Crippen LogP contribution in [0.3, 0.4) is 0 Å². The lowest BCUT2D eigenvalue weighted by Gasteiger charge is -2.50. The van der Waals surface area contributed by atoms with Crippen molar-refractivity contribution in [1.29, 1.82) is 0 Å². The summed E-state index contributed by atoms with van der Waals surface area (Å²) in [7, 11) is 1.88. The summed E-state index contributed by atoms with van der Waals surface area (Å²) >= 11 is 0. The molecule has 110 valence electrons. The van der Waals surface area contributed by atoms with Crippen molar-refractivity contribution in [3.63, 3.8) is 0 Å². The maximum absolute atomic E-state index is 11.7. The molecular weight excluding hydrogens is 256 g/mol. The molecule has 20 heavy (non-hydrogen) atoms. The van der Waals surface area contributed by atoms with Crippen molar-refractivity contribution in [2.75, 3.05) is 26.7 Å². The van der Waals surface area contributed by atoms with E-state index in [2.05, 4.69) is 11.8 Å². The van der Waals surface area contributed by atoms with Gasteiger partial charge in [-0.05, 0) is 31.9 Å². The van der Waals surface area contributed by atoms with E-state index in [1.54, 1.807) is 6.26 Å². The van der Waals surface area contributed by atoms with Gasteiger partial charge in [0.25, 0.3) is 0 Å². The fourth-order valence-electron chi connectivity index (χ4n) is 3.27. The van der Waals surface area contributed by atoms with E-state index in [-0.39, 0.29) is 24.2 Å². The highest BCUT2D eigenvalue weighted by Gasteiger charge is 2.46. The van der Waals surface area contributed by atoms with Crippen molar-refractivity contribution in [3.8, 4) is 0 Å². The molecule has 0 aliphatic carbocycles. The fraction of sp³-hybridized carbons (Fsp3) is 0.667. The van der Waals surface area contributed by atoms with Crippen LogP contribution in [0.4, 0.5) is 0 Å². The van der Waals surface area contributed by atoms with E-state index in [4.69, 9.17) is 9.15 Å². The highest BCUT2D eigenvalue weighted by Crippen LogP contribution is 2.35. The Hall–Kier alpha value is -1.33. The predicted octanol–water partition coefficient (Wildman–Crippen LogP) is 1.49. The minimum absolute atomic E-state index is 0.0844. The maximum Gasteiger partial charge on any atom is 0.248 e. The molecule has 1 amide bonds. The van der Waals surface area contributed by atoms with Crippen molar-refractivity contribution in [1.82, 2.24) is 9.80 Å². The number of carbonyl (C=O) groups is 1. The van der Waals surface area contributed by atoms with Crippen LogP contribution in [0.15, 0.2) is 22.8 Å².